The maximum Gasteiger partial charge on any atom is 0.303 e. The second kappa shape index (κ2) is 4.15. The third kappa shape index (κ3) is 2.68. The lowest BCUT2D eigenvalue weighted by Gasteiger charge is -2.20. The van der Waals surface area contributed by atoms with E-state index in [1.165, 1.54) is 0 Å². The van der Waals surface area contributed by atoms with Crippen LogP contribution in [-0.4, -0.2) is 16.5 Å². The molecule has 0 aromatic rings. The largest absolute Gasteiger partial charge is 0.481 e. The van der Waals surface area contributed by atoms with Gasteiger partial charge in [-0.25, -0.2) is 0 Å². The topological polar surface area (TPSA) is 37.3 Å². The number of rotatable bonds is 2. The Morgan fingerprint density at radius 3 is 2.83 bits per heavy atom. The first kappa shape index (κ1) is 9.87. The molecular weight excluding hydrogens is 199 g/mol. The van der Waals surface area contributed by atoms with Gasteiger partial charge in [-0.3, -0.25) is 4.79 Å². The van der Waals surface area contributed by atoms with Crippen LogP contribution in [0.2, 0.25) is 0 Å². The maximum atomic E-state index is 10.4. The Morgan fingerprint density at radius 1 is 1.67 bits per heavy atom. The molecule has 0 amide bonds. The number of hydrogen-bond donors (Lipinski definition) is 1. The number of hydrogen-bond acceptors (Lipinski definition) is 1. The average molecular weight is 209 g/mol. The van der Waals surface area contributed by atoms with E-state index < -0.39 is 5.97 Å². The summed E-state index contributed by atoms with van der Waals surface area (Å²) in [6.45, 7) is 0. The standard InChI is InChI=1S/C8H10Cl2O2/c9-6-2-1-5(3-7(6)10)4-8(11)12/h3,5-6H,1-2,4H2,(H,11,12). The van der Waals surface area contributed by atoms with E-state index in [0.717, 1.165) is 12.8 Å². The zero-order chi connectivity index (χ0) is 9.14. The van der Waals surface area contributed by atoms with Crippen molar-refractivity contribution < 1.29 is 9.90 Å². The third-order valence-corrected chi connectivity index (χ3v) is 2.88. The highest BCUT2D eigenvalue weighted by Crippen LogP contribution is 2.30. The Labute approximate surface area is 81.2 Å². The summed E-state index contributed by atoms with van der Waals surface area (Å²) in [7, 11) is 0. The first-order chi connectivity index (χ1) is 5.59. The summed E-state index contributed by atoms with van der Waals surface area (Å²) < 4.78 is 0. The van der Waals surface area contributed by atoms with Gasteiger partial charge in [0.1, 0.15) is 0 Å². The highest BCUT2D eigenvalue weighted by atomic mass is 35.5. The molecule has 1 N–H and O–H groups in total. The van der Waals surface area contributed by atoms with E-state index in [2.05, 4.69) is 0 Å². The summed E-state index contributed by atoms with van der Waals surface area (Å²) in [4.78, 5) is 10.4. The number of carboxylic acid groups (broad SMARTS) is 1. The lowest BCUT2D eigenvalue weighted by molar-refractivity contribution is -0.137. The molecular formula is C8H10Cl2O2. The van der Waals surface area contributed by atoms with E-state index in [0.29, 0.717) is 5.03 Å². The van der Waals surface area contributed by atoms with Crippen molar-refractivity contribution in [2.75, 3.05) is 0 Å². The van der Waals surface area contributed by atoms with Crippen LogP contribution in [0.3, 0.4) is 0 Å². The number of carboxylic acids is 1. The van der Waals surface area contributed by atoms with E-state index in [1.54, 1.807) is 6.08 Å². The molecule has 0 aromatic carbocycles. The summed E-state index contributed by atoms with van der Waals surface area (Å²) in [5.41, 5.74) is 0. The zero-order valence-corrected chi connectivity index (χ0v) is 7.98. The van der Waals surface area contributed by atoms with Gasteiger partial charge in [-0.05, 0) is 18.8 Å². The molecule has 0 aliphatic heterocycles. The van der Waals surface area contributed by atoms with Gasteiger partial charge in [0.15, 0.2) is 0 Å². The maximum absolute atomic E-state index is 10.4. The van der Waals surface area contributed by atoms with Crippen LogP contribution in [-0.2, 0) is 4.79 Å². The summed E-state index contributed by atoms with van der Waals surface area (Å²) >= 11 is 11.6. The van der Waals surface area contributed by atoms with E-state index in [-0.39, 0.29) is 17.7 Å². The van der Waals surface area contributed by atoms with Crippen LogP contribution in [0.4, 0.5) is 0 Å². The Balaban J connectivity index is 2.54. The molecule has 12 heavy (non-hydrogen) atoms. The molecule has 0 saturated carbocycles. The van der Waals surface area contributed by atoms with E-state index in [1.807, 2.05) is 0 Å². The highest BCUT2D eigenvalue weighted by Gasteiger charge is 2.21. The van der Waals surface area contributed by atoms with Gasteiger partial charge in [-0.1, -0.05) is 17.7 Å². The SMILES string of the molecule is O=C(O)CC1C=C(Cl)C(Cl)CC1. The normalized spacial score (nSPS) is 29.7. The van der Waals surface area contributed by atoms with Crippen molar-refractivity contribution in [2.24, 2.45) is 5.92 Å². The lowest BCUT2D eigenvalue weighted by Crippen LogP contribution is -2.14. The van der Waals surface area contributed by atoms with E-state index in [9.17, 15) is 4.79 Å². The summed E-state index contributed by atoms with van der Waals surface area (Å²) in [6, 6.07) is 0. The minimum Gasteiger partial charge on any atom is -0.481 e. The Kier molecular flexibility index (Phi) is 3.41. The minimum atomic E-state index is -0.784. The third-order valence-electron chi connectivity index (χ3n) is 1.92. The molecule has 2 nitrogen and oxygen atoms in total. The predicted molar refractivity (Wildman–Crippen MR) is 48.6 cm³/mol. The summed E-state index contributed by atoms with van der Waals surface area (Å²) in [6.07, 6.45) is 3.50. The lowest BCUT2D eigenvalue weighted by atomic mass is 9.93. The second-order valence-electron chi connectivity index (χ2n) is 2.95. The Morgan fingerprint density at radius 2 is 2.33 bits per heavy atom. The fraction of sp³-hybridized carbons (Fsp3) is 0.625. The molecule has 0 radical (unpaired) electrons. The van der Waals surface area contributed by atoms with Crippen LogP contribution in [0.1, 0.15) is 19.3 Å². The molecule has 0 aromatic heterocycles. The van der Waals surface area contributed by atoms with Gasteiger partial charge in [0.05, 0.1) is 11.8 Å². The molecule has 1 aliphatic carbocycles. The van der Waals surface area contributed by atoms with Crippen LogP contribution in [0.25, 0.3) is 0 Å². The number of alkyl halides is 1. The molecule has 0 bridgehead atoms. The van der Waals surface area contributed by atoms with Gasteiger partial charge < -0.3 is 5.11 Å². The molecule has 68 valence electrons. The van der Waals surface area contributed by atoms with Crippen molar-refractivity contribution in [1.29, 1.82) is 0 Å². The first-order valence-electron chi connectivity index (χ1n) is 3.82. The van der Waals surface area contributed by atoms with Crippen LogP contribution >= 0.6 is 23.2 Å². The fourth-order valence-electron chi connectivity index (χ4n) is 1.30. The number of aliphatic carboxylic acids is 1. The summed E-state index contributed by atoms with van der Waals surface area (Å²) in [5.74, 6) is -0.723. The monoisotopic (exact) mass is 208 g/mol. The highest BCUT2D eigenvalue weighted by molar-refractivity contribution is 6.37. The zero-order valence-electron chi connectivity index (χ0n) is 6.46. The van der Waals surface area contributed by atoms with Crippen molar-refractivity contribution >= 4 is 29.2 Å². The first-order valence-corrected chi connectivity index (χ1v) is 4.64. The summed E-state index contributed by atoms with van der Waals surface area (Å²) in [5, 5.41) is 8.99. The van der Waals surface area contributed by atoms with Gasteiger partial charge in [0.2, 0.25) is 0 Å². The average Bonchev–Trinajstić information content (AvgIpc) is 1.96. The van der Waals surface area contributed by atoms with E-state index in [4.69, 9.17) is 28.3 Å². The van der Waals surface area contributed by atoms with Crippen LogP contribution in [0.15, 0.2) is 11.1 Å². The van der Waals surface area contributed by atoms with Crippen molar-refractivity contribution in [3.63, 3.8) is 0 Å². The molecule has 1 rings (SSSR count). The second-order valence-corrected chi connectivity index (χ2v) is 3.92. The van der Waals surface area contributed by atoms with Crippen LogP contribution in [0, 0.1) is 5.92 Å². The molecule has 0 fully saturated rings. The Bertz CT molecular complexity index is 213. The van der Waals surface area contributed by atoms with Gasteiger partial charge in [-0.15, -0.1) is 11.6 Å². The molecule has 0 saturated heterocycles. The molecule has 2 unspecified atom stereocenters. The van der Waals surface area contributed by atoms with Gasteiger partial charge in [0.25, 0.3) is 0 Å². The molecule has 1 aliphatic rings. The Hall–Kier alpha value is -0.210. The molecule has 0 spiro atoms. The van der Waals surface area contributed by atoms with Crippen LogP contribution in [0.5, 0.6) is 0 Å². The number of halogens is 2. The van der Waals surface area contributed by atoms with Gasteiger partial charge in [0, 0.05) is 5.03 Å². The van der Waals surface area contributed by atoms with Crippen molar-refractivity contribution in [3.8, 4) is 0 Å². The number of allylic oxidation sites excluding steroid dienone is 2. The fourth-order valence-corrected chi connectivity index (χ4v) is 1.78. The number of carbonyl (C=O) groups is 1. The van der Waals surface area contributed by atoms with Crippen molar-refractivity contribution in [2.45, 2.75) is 24.6 Å². The van der Waals surface area contributed by atoms with E-state index >= 15 is 0 Å². The molecule has 0 heterocycles. The van der Waals surface area contributed by atoms with Crippen molar-refractivity contribution in [3.05, 3.63) is 11.1 Å². The van der Waals surface area contributed by atoms with Gasteiger partial charge in [-0.2, -0.15) is 0 Å². The van der Waals surface area contributed by atoms with Gasteiger partial charge >= 0.3 is 5.97 Å². The molecule has 4 heteroatoms. The quantitative estimate of drug-likeness (QED) is 0.709. The predicted octanol–water partition coefficient (Wildman–Crippen LogP) is 2.60. The van der Waals surface area contributed by atoms with Crippen molar-refractivity contribution in [1.82, 2.24) is 0 Å². The smallest absolute Gasteiger partial charge is 0.303 e. The van der Waals surface area contributed by atoms with Crippen LogP contribution < -0.4 is 0 Å². The molecule has 2 atom stereocenters. The minimum absolute atomic E-state index is 0.0602.